The first kappa shape index (κ1) is 17.1. The molecule has 0 spiro atoms. The molecule has 2 aromatic rings. The van der Waals surface area contributed by atoms with E-state index in [9.17, 15) is 14.0 Å². The number of thiophene rings is 1. The van der Waals surface area contributed by atoms with Gasteiger partial charge in [0.15, 0.2) is 0 Å². The molecule has 0 saturated heterocycles. The van der Waals surface area contributed by atoms with Crippen LogP contribution < -0.4 is 10.9 Å². The lowest BCUT2D eigenvalue weighted by molar-refractivity contribution is -0.121. The minimum atomic E-state index is -0.354. The van der Waals surface area contributed by atoms with Gasteiger partial charge in [-0.1, -0.05) is 31.9 Å². The number of benzene rings is 1. The number of rotatable bonds is 6. The minimum absolute atomic E-state index is 0.192. The fraction of sp³-hybridized carbons (Fsp3) is 0.294. The number of nitrogens with one attached hydrogen (secondary N) is 2. The quantitative estimate of drug-likeness (QED) is 0.622. The zero-order valence-corrected chi connectivity index (χ0v) is 13.7. The predicted octanol–water partition coefficient (Wildman–Crippen LogP) is 3.90. The molecule has 23 heavy (non-hydrogen) atoms. The van der Waals surface area contributed by atoms with Crippen molar-refractivity contribution in [1.29, 1.82) is 0 Å². The van der Waals surface area contributed by atoms with Crippen LogP contribution in [0.2, 0.25) is 0 Å². The lowest BCUT2D eigenvalue weighted by atomic mass is 10.2. The molecular weight excluding hydrogens is 315 g/mol. The van der Waals surface area contributed by atoms with Crippen molar-refractivity contribution in [3.8, 4) is 10.4 Å². The van der Waals surface area contributed by atoms with Gasteiger partial charge in [-0.05, 0) is 36.2 Å². The molecule has 0 unspecified atom stereocenters. The number of hydrogen-bond acceptors (Lipinski definition) is 3. The standard InChI is InChI=1S/C17H19FN2O2S/c1-2-3-4-5-16(21)19-20-17(22)15-11-10-14(23-15)12-6-8-13(18)9-7-12/h6-11H,2-5H2,1H3,(H,19,21)(H,20,22). The van der Waals surface area contributed by atoms with Gasteiger partial charge in [-0.15, -0.1) is 11.3 Å². The lowest BCUT2D eigenvalue weighted by Gasteiger charge is -2.05. The van der Waals surface area contributed by atoms with Gasteiger partial charge in [0.25, 0.3) is 5.91 Å². The van der Waals surface area contributed by atoms with Crippen LogP contribution in [0.25, 0.3) is 10.4 Å². The van der Waals surface area contributed by atoms with Crippen LogP contribution in [-0.4, -0.2) is 11.8 Å². The maximum atomic E-state index is 12.9. The van der Waals surface area contributed by atoms with Gasteiger partial charge in [-0.3, -0.25) is 20.4 Å². The van der Waals surface area contributed by atoms with E-state index in [1.807, 2.05) is 0 Å². The van der Waals surface area contributed by atoms with Crippen LogP contribution in [0.3, 0.4) is 0 Å². The summed E-state index contributed by atoms with van der Waals surface area (Å²) in [6.45, 7) is 2.06. The van der Waals surface area contributed by atoms with E-state index in [4.69, 9.17) is 0 Å². The van der Waals surface area contributed by atoms with Crippen LogP contribution in [0.15, 0.2) is 36.4 Å². The van der Waals surface area contributed by atoms with Crippen molar-refractivity contribution in [3.63, 3.8) is 0 Å². The monoisotopic (exact) mass is 334 g/mol. The summed E-state index contributed by atoms with van der Waals surface area (Å²) in [5, 5.41) is 0. The summed E-state index contributed by atoms with van der Waals surface area (Å²) >= 11 is 1.29. The number of hydrazine groups is 1. The molecule has 0 aliphatic heterocycles. The molecule has 0 aliphatic carbocycles. The van der Waals surface area contributed by atoms with E-state index in [1.165, 1.54) is 23.5 Å². The van der Waals surface area contributed by atoms with Crippen LogP contribution in [0.5, 0.6) is 0 Å². The van der Waals surface area contributed by atoms with E-state index in [0.717, 1.165) is 29.7 Å². The normalized spacial score (nSPS) is 10.3. The summed E-state index contributed by atoms with van der Waals surface area (Å²) in [6, 6.07) is 9.57. The SMILES string of the molecule is CCCCCC(=O)NNC(=O)c1ccc(-c2ccc(F)cc2)s1. The molecule has 6 heteroatoms. The molecule has 1 aromatic heterocycles. The lowest BCUT2D eigenvalue weighted by Crippen LogP contribution is -2.41. The second kappa shape index (κ2) is 8.43. The van der Waals surface area contributed by atoms with E-state index in [1.54, 1.807) is 24.3 Å². The molecule has 0 radical (unpaired) electrons. The Hall–Kier alpha value is -2.21. The highest BCUT2D eigenvalue weighted by molar-refractivity contribution is 7.17. The van der Waals surface area contributed by atoms with Gasteiger partial charge in [-0.25, -0.2) is 4.39 Å². The van der Waals surface area contributed by atoms with E-state index in [2.05, 4.69) is 17.8 Å². The Balaban J connectivity index is 1.88. The van der Waals surface area contributed by atoms with E-state index in [-0.39, 0.29) is 17.6 Å². The highest BCUT2D eigenvalue weighted by atomic mass is 32.1. The van der Waals surface area contributed by atoms with Gasteiger partial charge in [0.05, 0.1) is 4.88 Å². The molecule has 1 aromatic carbocycles. The largest absolute Gasteiger partial charge is 0.279 e. The molecule has 2 amide bonds. The summed E-state index contributed by atoms with van der Waals surface area (Å²) in [5.74, 6) is -0.844. The summed E-state index contributed by atoms with van der Waals surface area (Å²) in [4.78, 5) is 24.9. The Morgan fingerprint density at radius 1 is 1.04 bits per heavy atom. The summed E-state index contributed by atoms with van der Waals surface area (Å²) in [7, 11) is 0. The molecule has 1 heterocycles. The maximum absolute atomic E-state index is 12.9. The molecule has 2 rings (SSSR count). The zero-order valence-electron chi connectivity index (χ0n) is 12.9. The average molecular weight is 334 g/mol. The number of carbonyl (C=O) groups excluding carboxylic acids is 2. The van der Waals surface area contributed by atoms with Crippen molar-refractivity contribution >= 4 is 23.2 Å². The van der Waals surface area contributed by atoms with Crippen molar-refractivity contribution < 1.29 is 14.0 Å². The van der Waals surface area contributed by atoms with E-state index in [0.29, 0.717) is 11.3 Å². The number of hydrogen-bond donors (Lipinski definition) is 2. The molecule has 2 N–H and O–H groups in total. The van der Waals surface area contributed by atoms with E-state index >= 15 is 0 Å². The van der Waals surface area contributed by atoms with Crippen LogP contribution in [0.4, 0.5) is 4.39 Å². The summed E-state index contributed by atoms with van der Waals surface area (Å²) in [6.07, 6.45) is 3.25. The zero-order chi connectivity index (χ0) is 16.7. The highest BCUT2D eigenvalue weighted by Crippen LogP contribution is 2.28. The maximum Gasteiger partial charge on any atom is 0.279 e. The van der Waals surface area contributed by atoms with Crippen molar-refractivity contribution in [3.05, 3.63) is 47.1 Å². The minimum Gasteiger partial charge on any atom is -0.273 e. The van der Waals surface area contributed by atoms with Gasteiger partial charge in [0, 0.05) is 11.3 Å². The van der Waals surface area contributed by atoms with Gasteiger partial charge >= 0.3 is 0 Å². The van der Waals surface area contributed by atoms with Crippen LogP contribution in [0.1, 0.15) is 42.3 Å². The van der Waals surface area contributed by atoms with Crippen molar-refractivity contribution in [2.45, 2.75) is 32.6 Å². The molecule has 0 fully saturated rings. The van der Waals surface area contributed by atoms with Gasteiger partial charge in [-0.2, -0.15) is 0 Å². The Morgan fingerprint density at radius 2 is 1.78 bits per heavy atom. The molecule has 122 valence electrons. The third-order valence-electron chi connectivity index (χ3n) is 3.28. The first-order valence-electron chi connectivity index (χ1n) is 7.55. The third-order valence-corrected chi connectivity index (χ3v) is 4.41. The second-order valence-electron chi connectivity index (χ2n) is 5.13. The molecule has 4 nitrogen and oxygen atoms in total. The first-order valence-corrected chi connectivity index (χ1v) is 8.36. The van der Waals surface area contributed by atoms with Gasteiger partial charge < -0.3 is 0 Å². The van der Waals surface area contributed by atoms with Crippen molar-refractivity contribution in [2.75, 3.05) is 0 Å². The van der Waals surface area contributed by atoms with Gasteiger partial charge in [0.1, 0.15) is 5.82 Å². The molecular formula is C17H19FN2O2S. The van der Waals surface area contributed by atoms with E-state index < -0.39 is 0 Å². The Kier molecular flexibility index (Phi) is 6.29. The van der Waals surface area contributed by atoms with Gasteiger partial charge in [0.2, 0.25) is 5.91 Å². The topological polar surface area (TPSA) is 58.2 Å². The third kappa shape index (κ3) is 5.17. The van der Waals surface area contributed by atoms with Crippen LogP contribution in [-0.2, 0) is 4.79 Å². The number of unbranched alkanes of at least 4 members (excludes halogenated alkanes) is 2. The Morgan fingerprint density at radius 3 is 2.48 bits per heavy atom. The highest BCUT2D eigenvalue weighted by Gasteiger charge is 2.11. The number of halogens is 1. The van der Waals surface area contributed by atoms with Crippen molar-refractivity contribution in [2.24, 2.45) is 0 Å². The number of amides is 2. The van der Waals surface area contributed by atoms with Crippen molar-refractivity contribution in [1.82, 2.24) is 10.9 Å². The predicted molar refractivity (Wildman–Crippen MR) is 89.5 cm³/mol. The number of carbonyl (C=O) groups is 2. The molecule has 0 bridgehead atoms. The Bertz CT molecular complexity index is 667. The van der Waals surface area contributed by atoms with Crippen LogP contribution in [0, 0.1) is 5.82 Å². The Labute approximate surface area is 138 Å². The summed E-state index contributed by atoms with van der Waals surface area (Å²) < 4.78 is 12.9. The second-order valence-corrected chi connectivity index (χ2v) is 6.21. The fourth-order valence-electron chi connectivity index (χ4n) is 2.02. The molecule has 0 aliphatic rings. The molecule has 0 atom stereocenters. The summed E-state index contributed by atoms with van der Waals surface area (Å²) in [5.41, 5.74) is 5.67. The molecule has 0 saturated carbocycles. The fourth-order valence-corrected chi connectivity index (χ4v) is 2.92. The smallest absolute Gasteiger partial charge is 0.273 e. The van der Waals surface area contributed by atoms with Crippen LogP contribution >= 0.6 is 11.3 Å². The average Bonchev–Trinajstić information content (AvgIpc) is 3.03. The first-order chi connectivity index (χ1) is 11.1.